The lowest BCUT2D eigenvalue weighted by Gasteiger charge is -2.38. The summed E-state index contributed by atoms with van der Waals surface area (Å²) in [6.07, 6.45) is 2.64. The van der Waals surface area contributed by atoms with Gasteiger partial charge in [-0.3, -0.25) is 29.2 Å². The van der Waals surface area contributed by atoms with E-state index in [4.69, 9.17) is 64.2 Å². The quantitative estimate of drug-likeness (QED) is 0.0342. The topological polar surface area (TPSA) is 446 Å². The molecule has 0 aromatic rings. The molecule has 0 aliphatic carbocycles. The molecule has 34 nitrogen and oxygen atoms in total. The van der Waals surface area contributed by atoms with E-state index in [-0.39, 0.29) is 208 Å². The zero-order valence-electron chi connectivity index (χ0n) is 69.7. The molecule has 0 aromatic heterocycles. The molecule has 0 rings (SSSR count). The minimum Gasteiger partial charge on any atom is -0.378 e. The first-order valence-corrected chi connectivity index (χ1v) is 41.2. The van der Waals surface area contributed by atoms with E-state index in [0.717, 1.165) is 0 Å². The molecule has 2 atom stereocenters. The van der Waals surface area contributed by atoms with Gasteiger partial charge in [0, 0.05) is 241 Å². The van der Waals surface area contributed by atoms with Gasteiger partial charge in [-0.1, -0.05) is 0 Å². The van der Waals surface area contributed by atoms with Gasteiger partial charge in [0.15, 0.2) is 23.7 Å². The molecule has 0 fully saturated rings. The van der Waals surface area contributed by atoms with E-state index >= 15 is 9.59 Å². The third kappa shape index (κ3) is 58.3. The minimum atomic E-state index is -1.92. The fraction of sp³-hybridized carbons (Fsp3) is 0.786. The average Bonchev–Trinajstić information content (AvgIpc) is 0.813. The van der Waals surface area contributed by atoms with Crippen molar-refractivity contribution in [1.29, 1.82) is 63.1 Å². The van der Waals surface area contributed by atoms with Crippen molar-refractivity contribution in [3.05, 3.63) is 45.7 Å². The fourth-order valence-corrected chi connectivity index (χ4v) is 12.8. The molecule has 1 amide bonds. The molecule has 0 saturated carbocycles. The number of Topliss-reactive ketones (excluding diaryl/α,β-unsaturated/α-hetero) is 1. The van der Waals surface area contributed by atoms with Crippen LogP contribution in [0.15, 0.2) is 0 Å². The Balaban J connectivity index is 9.32. The lowest BCUT2D eigenvalue weighted by molar-refractivity contribution is -0.182. The van der Waals surface area contributed by atoms with Crippen LogP contribution in [0.2, 0.25) is 0 Å². The first-order valence-electron chi connectivity index (χ1n) is 41.2. The second kappa shape index (κ2) is 78.5. The Kier molecular flexibility index (Phi) is 72.1. The van der Waals surface area contributed by atoms with Crippen molar-refractivity contribution in [3.63, 3.8) is 0 Å². The molecular formula is C84H126N24O10. The molecule has 2 unspecified atom stereocenters. The molecule has 0 aliphatic heterocycles. The summed E-state index contributed by atoms with van der Waals surface area (Å²) in [4.78, 5) is 61.0. The van der Waals surface area contributed by atoms with Crippen molar-refractivity contribution in [2.24, 2.45) is 5.92 Å². The van der Waals surface area contributed by atoms with Crippen molar-refractivity contribution >= 4 is 11.7 Å². The third-order valence-electron chi connectivity index (χ3n) is 19.0. The highest BCUT2D eigenvalue weighted by atomic mass is 16.6. The molecule has 642 valence electrons. The summed E-state index contributed by atoms with van der Waals surface area (Å²) >= 11 is 0. The normalized spacial score (nSPS) is 11.7. The van der Waals surface area contributed by atoms with Crippen LogP contribution in [0, 0.1) is 168 Å². The van der Waals surface area contributed by atoms with E-state index in [0.29, 0.717) is 189 Å². The number of nitrogens with zero attached hydrogens (tertiary/aromatic N) is 23. The highest BCUT2D eigenvalue weighted by molar-refractivity contribution is 5.93. The molecular weight excluding hydrogens is 1510 g/mol. The summed E-state index contributed by atoms with van der Waals surface area (Å²) in [5.41, 5.74) is -3.60. The molecule has 0 saturated heterocycles. The fourth-order valence-electron chi connectivity index (χ4n) is 12.8. The predicted molar refractivity (Wildman–Crippen MR) is 436 cm³/mol. The molecule has 0 bridgehead atoms. The Morgan fingerprint density at radius 2 is 0.568 bits per heavy atom. The standard InChI is InChI=1S/C84H126N24O10/c1-97-40-61-105(50-14-36-93)56-20-67-113-76-84(118-72-24-60-108(53-17-39-96)64-43-100-4,77-114-68-21-57-106(51-15-37-94)62-41-98-2)101-82(110)81(116-70-22-58-104(48-12-34-91)49-13-35-92)80(115-69-23-59-107(52-16-38-95)63-42-99-3)79(109)73-83(117-71-7-27-78(25-5-28-85)26-6-29-86,74-111-65-18-54-102(44-8-30-87)45-9-31-88)75-112-66-19-55-103(46-10-32-89)47-11-33-90/h78,80-81H,5-27,40-77H2,(H,101,110). The summed E-state index contributed by atoms with van der Waals surface area (Å²) in [5.74, 6) is -1.66. The van der Waals surface area contributed by atoms with Crippen LogP contribution in [-0.4, -0.2) is 312 Å². The number of ketones is 1. The first-order chi connectivity index (χ1) is 57.7. The number of carbonyl (C=O) groups is 2. The van der Waals surface area contributed by atoms with Gasteiger partial charge in [-0.05, 0) is 76.5 Å². The number of nitrogens with one attached hydrogen (secondary N) is 1. The number of ether oxygens (including phenoxy) is 8. The van der Waals surface area contributed by atoms with Crippen LogP contribution in [0.1, 0.15) is 154 Å². The van der Waals surface area contributed by atoms with Gasteiger partial charge in [0.1, 0.15) is 5.60 Å². The number of carbonyl (C=O) groups excluding carboxylic acids is 2. The van der Waals surface area contributed by atoms with Crippen LogP contribution < -0.4 is 5.32 Å². The number of hydrogen-bond donors (Lipinski definition) is 1. The van der Waals surface area contributed by atoms with Gasteiger partial charge >= 0.3 is 0 Å². The smallest absolute Gasteiger partial charge is 0.254 e. The van der Waals surface area contributed by atoms with Crippen molar-refractivity contribution in [3.8, 4) is 72.8 Å². The monoisotopic (exact) mass is 1630 g/mol. The number of amides is 1. The van der Waals surface area contributed by atoms with Gasteiger partial charge in [0.25, 0.3) is 5.91 Å². The van der Waals surface area contributed by atoms with Crippen molar-refractivity contribution < 1.29 is 47.5 Å². The maximum atomic E-state index is 16.6. The van der Waals surface area contributed by atoms with Crippen LogP contribution in [0.25, 0.3) is 19.4 Å². The van der Waals surface area contributed by atoms with E-state index in [1.807, 2.05) is 34.3 Å². The van der Waals surface area contributed by atoms with E-state index in [2.05, 4.69) is 97.5 Å². The zero-order chi connectivity index (χ0) is 86.7. The van der Waals surface area contributed by atoms with Crippen LogP contribution in [0.3, 0.4) is 0 Å². The zero-order valence-corrected chi connectivity index (χ0v) is 69.7. The summed E-state index contributed by atoms with van der Waals surface area (Å²) in [7, 11) is 0. The average molecular weight is 1630 g/mol. The molecule has 0 aliphatic rings. The Labute approximate surface area is 703 Å². The Hall–Kier alpha value is -9.62. The SMILES string of the molecule is [C-]#[N+]CCN(CCC#N)CCCOCC(COCCCN(CCC#N)CC[N+]#[C-])(NC(=O)C(OCCCN(CCC#N)CCC#N)C(OCCCN(CCC#N)CC[N+]#[C-])C(=O)CC(COCCCN(CCC#N)CCC#N)(COCCCN(CCC#N)CCC#N)OCCCC(CCC#N)CCC#N)OCCCN(CCC#N)CC[N+]#[C-]. The van der Waals surface area contributed by atoms with E-state index in [1.165, 1.54) is 0 Å². The Bertz CT molecular complexity index is 2930. The van der Waals surface area contributed by atoms with E-state index < -0.39 is 41.6 Å². The lowest BCUT2D eigenvalue weighted by Crippen LogP contribution is -2.62. The molecule has 0 heterocycles. The summed E-state index contributed by atoms with van der Waals surface area (Å²) in [6, 6.07) is 26.1. The van der Waals surface area contributed by atoms with Gasteiger partial charge in [-0.2, -0.15) is 63.1 Å². The van der Waals surface area contributed by atoms with Gasteiger partial charge in [-0.15, -0.1) is 0 Å². The van der Waals surface area contributed by atoms with Gasteiger partial charge in [-0.25, -0.2) is 26.3 Å². The van der Waals surface area contributed by atoms with Crippen LogP contribution >= 0.6 is 0 Å². The van der Waals surface area contributed by atoms with Gasteiger partial charge in [0.05, 0.1) is 132 Å². The van der Waals surface area contributed by atoms with E-state index in [9.17, 15) is 63.1 Å². The Morgan fingerprint density at radius 1 is 0.305 bits per heavy atom. The van der Waals surface area contributed by atoms with Crippen molar-refractivity contribution in [1.82, 2.24) is 39.6 Å². The molecule has 118 heavy (non-hydrogen) atoms. The summed E-state index contributed by atoms with van der Waals surface area (Å²) < 4.78 is 54.0. The second-order valence-electron chi connectivity index (χ2n) is 28.2. The minimum absolute atomic E-state index is 0.0122. The molecule has 0 aromatic carbocycles. The third-order valence-corrected chi connectivity index (χ3v) is 19.0. The van der Waals surface area contributed by atoms with Crippen molar-refractivity contribution in [2.45, 2.75) is 178 Å². The Morgan fingerprint density at radius 3 is 0.864 bits per heavy atom. The highest BCUT2D eigenvalue weighted by Gasteiger charge is 2.45. The number of hydrogen-bond acceptors (Lipinski definition) is 29. The van der Waals surface area contributed by atoms with Crippen LogP contribution in [0.4, 0.5) is 0 Å². The van der Waals surface area contributed by atoms with Gasteiger partial charge in [0.2, 0.25) is 26.2 Å². The summed E-state index contributed by atoms with van der Waals surface area (Å²) in [6.45, 7) is 37.3. The number of nitriles is 12. The maximum Gasteiger partial charge on any atom is 0.254 e. The highest BCUT2D eigenvalue weighted by Crippen LogP contribution is 2.27. The molecule has 1 N–H and O–H groups in total. The van der Waals surface area contributed by atoms with Crippen molar-refractivity contribution in [2.75, 3.05) is 243 Å². The van der Waals surface area contributed by atoms with E-state index in [1.54, 1.807) is 0 Å². The predicted octanol–water partition coefficient (Wildman–Crippen LogP) is 8.03. The first kappa shape index (κ1) is 108. The molecule has 0 spiro atoms. The summed E-state index contributed by atoms with van der Waals surface area (Å²) in [5, 5.41) is 118. The maximum absolute atomic E-state index is 16.6. The van der Waals surface area contributed by atoms with Gasteiger partial charge < -0.3 is 77.3 Å². The van der Waals surface area contributed by atoms with Crippen LogP contribution in [-0.2, 0) is 47.5 Å². The lowest BCUT2D eigenvalue weighted by atomic mass is 9.92. The number of rotatable bonds is 82. The largest absolute Gasteiger partial charge is 0.378 e. The molecule has 34 heteroatoms. The molecule has 0 radical (unpaired) electrons. The second-order valence-corrected chi connectivity index (χ2v) is 28.2. The van der Waals surface area contributed by atoms with Crippen LogP contribution in [0.5, 0.6) is 0 Å².